The fraction of sp³-hybridized carbons (Fsp3) is 0.435. The van der Waals surface area contributed by atoms with Crippen LogP contribution >= 0.6 is 0 Å². The summed E-state index contributed by atoms with van der Waals surface area (Å²) in [6, 6.07) is 7.51. The van der Waals surface area contributed by atoms with Crippen molar-refractivity contribution in [1.82, 2.24) is 40.3 Å². The van der Waals surface area contributed by atoms with Crippen LogP contribution in [-0.2, 0) is 7.05 Å². The highest BCUT2D eigenvalue weighted by Crippen LogP contribution is 2.37. The fourth-order valence-electron chi connectivity index (χ4n) is 5.07. The molecule has 0 unspecified atom stereocenters. The zero-order chi connectivity index (χ0) is 22.7. The number of hydrogen-bond acceptors (Lipinski definition) is 7. The van der Waals surface area contributed by atoms with Crippen LogP contribution in [0.3, 0.4) is 0 Å². The molecule has 1 saturated heterocycles. The van der Waals surface area contributed by atoms with E-state index < -0.39 is 0 Å². The van der Waals surface area contributed by atoms with Gasteiger partial charge < -0.3 is 10.4 Å². The van der Waals surface area contributed by atoms with Crippen LogP contribution in [0.4, 0.5) is 0 Å². The van der Waals surface area contributed by atoms with Gasteiger partial charge >= 0.3 is 0 Å². The average molecular weight is 433 g/mol. The summed E-state index contributed by atoms with van der Waals surface area (Å²) < 4.78 is 3.63. The van der Waals surface area contributed by atoms with Gasteiger partial charge in [0.15, 0.2) is 0 Å². The largest absolute Gasteiger partial charge is 0.507 e. The zero-order valence-corrected chi connectivity index (χ0v) is 19.0. The summed E-state index contributed by atoms with van der Waals surface area (Å²) >= 11 is 0. The molecule has 9 nitrogen and oxygen atoms in total. The molecule has 0 atom stereocenters. The van der Waals surface area contributed by atoms with Gasteiger partial charge in [-0.2, -0.15) is 5.10 Å². The second-order valence-corrected chi connectivity index (χ2v) is 10.1. The van der Waals surface area contributed by atoms with Crippen molar-refractivity contribution < 1.29 is 5.11 Å². The number of aryl methyl sites for hydroxylation is 1. The molecule has 1 aliphatic heterocycles. The topological polar surface area (TPSA) is 107 Å². The molecule has 2 N–H and O–H groups in total. The first-order valence-electron chi connectivity index (χ1n) is 10.8. The molecular formula is C23H28N8O. The summed E-state index contributed by atoms with van der Waals surface area (Å²) in [5.74, 6) is 0.134. The minimum Gasteiger partial charge on any atom is -0.507 e. The van der Waals surface area contributed by atoms with Gasteiger partial charge in [0.05, 0.1) is 17.9 Å². The first kappa shape index (κ1) is 20.6. The van der Waals surface area contributed by atoms with E-state index >= 15 is 0 Å². The monoisotopic (exact) mass is 432 g/mol. The van der Waals surface area contributed by atoms with Crippen molar-refractivity contribution in [1.29, 1.82) is 0 Å². The Bertz CT molecular complexity index is 1290. The van der Waals surface area contributed by atoms with Crippen molar-refractivity contribution >= 4 is 11.2 Å². The minimum atomic E-state index is -0.0140. The van der Waals surface area contributed by atoms with E-state index in [2.05, 4.69) is 58.6 Å². The lowest BCUT2D eigenvalue weighted by Crippen LogP contribution is -2.58. The first-order chi connectivity index (χ1) is 15.1. The summed E-state index contributed by atoms with van der Waals surface area (Å²) in [5, 5.41) is 36.2. The summed E-state index contributed by atoms with van der Waals surface area (Å²) in [6.07, 6.45) is 5.52. The van der Waals surface area contributed by atoms with Crippen LogP contribution in [0.1, 0.15) is 46.6 Å². The van der Waals surface area contributed by atoms with E-state index in [1.807, 2.05) is 36.1 Å². The Labute approximate surface area is 186 Å². The Morgan fingerprint density at radius 2 is 1.75 bits per heavy atom. The highest BCUT2D eigenvalue weighted by Gasteiger charge is 2.39. The molecule has 32 heavy (non-hydrogen) atoms. The molecule has 0 aliphatic carbocycles. The van der Waals surface area contributed by atoms with E-state index in [0.717, 1.165) is 24.0 Å². The van der Waals surface area contributed by atoms with Crippen LogP contribution in [0.5, 0.6) is 5.75 Å². The number of rotatable bonds is 3. The van der Waals surface area contributed by atoms with Gasteiger partial charge in [0.25, 0.3) is 0 Å². The summed E-state index contributed by atoms with van der Waals surface area (Å²) in [4.78, 5) is 0. The third kappa shape index (κ3) is 3.73. The van der Waals surface area contributed by atoms with Crippen molar-refractivity contribution in [3.8, 4) is 28.1 Å². The molecule has 4 heterocycles. The second kappa shape index (κ2) is 7.09. The van der Waals surface area contributed by atoms with Crippen molar-refractivity contribution in [2.24, 2.45) is 7.05 Å². The summed E-state index contributed by atoms with van der Waals surface area (Å²) in [6.45, 7) is 8.84. The molecule has 0 radical (unpaired) electrons. The molecule has 0 spiro atoms. The zero-order valence-electron chi connectivity index (χ0n) is 19.0. The van der Waals surface area contributed by atoms with Crippen LogP contribution in [-0.4, -0.2) is 51.2 Å². The van der Waals surface area contributed by atoms with Crippen molar-refractivity contribution in [2.45, 2.75) is 57.7 Å². The highest BCUT2D eigenvalue weighted by atomic mass is 16.3. The Morgan fingerprint density at radius 3 is 2.41 bits per heavy atom. The maximum absolute atomic E-state index is 10.7. The average Bonchev–Trinajstić information content (AvgIpc) is 3.31. The Hall–Kier alpha value is -3.33. The predicted molar refractivity (Wildman–Crippen MR) is 122 cm³/mol. The van der Waals surface area contributed by atoms with Crippen molar-refractivity contribution in [3.63, 3.8) is 0 Å². The number of aromatic nitrogens is 7. The van der Waals surface area contributed by atoms with Gasteiger partial charge in [-0.15, -0.1) is 15.3 Å². The van der Waals surface area contributed by atoms with E-state index in [1.165, 1.54) is 0 Å². The van der Waals surface area contributed by atoms with Gasteiger partial charge in [-0.1, -0.05) is 11.3 Å². The number of aromatic hydroxyl groups is 1. The quantitative estimate of drug-likeness (QED) is 0.510. The summed E-state index contributed by atoms with van der Waals surface area (Å²) in [7, 11) is 1.86. The van der Waals surface area contributed by atoms with Gasteiger partial charge in [-0.25, -0.2) is 4.68 Å². The summed E-state index contributed by atoms with van der Waals surface area (Å²) in [5.41, 5.74) is 4.29. The highest BCUT2D eigenvalue weighted by molar-refractivity contribution is 5.79. The number of fused-ring (bicyclic) bond motifs is 1. The molecule has 4 aromatic rings. The van der Waals surface area contributed by atoms with E-state index in [9.17, 15) is 5.11 Å². The van der Waals surface area contributed by atoms with E-state index in [1.54, 1.807) is 16.9 Å². The number of nitrogens with zero attached hydrogens (tertiary/aromatic N) is 7. The number of piperidine rings is 1. The lowest BCUT2D eigenvalue weighted by Gasteiger charge is -2.46. The molecule has 0 amide bonds. The molecule has 1 fully saturated rings. The Kier molecular flexibility index (Phi) is 4.56. The number of benzene rings is 1. The number of phenols is 1. The van der Waals surface area contributed by atoms with E-state index in [0.29, 0.717) is 22.4 Å². The van der Waals surface area contributed by atoms with Gasteiger partial charge in [0, 0.05) is 35.4 Å². The van der Waals surface area contributed by atoms with Gasteiger partial charge in [0.2, 0.25) is 5.65 Å². The lowest BCUT2D eigenvalue weighted by molar-refractivity contribution is 0.127. The van der Waals surface area contributed by atoms with Crippen LogP contribution in [0.2, 0.25) is 0 Å². The molecular weight excluding hydrogens is 404 g/mol. The SMILES string of the molecule is Cn1cc(-c2ccc(-c3cc4nnn(C5CC(C)(C)NC(C)(C)C5)c4nn3)c(O)c2)cn1. The van der Waals surface area contributed by atoms with E-state index in [-0.39, 0.29) is 22.9 Å². The lowest BCUT2D eigenvalue weighted by atomic mass is 9.80. The molecule has 0 bridgehead atoms. The Morgan fingerprint density at radius 1 is 1.00 bits per heavy atom. The molecule has 5 rings (SSSR count). The van der Waals surface area contributed by atoms with Crippen LogP contribution in [0.15, 0.2) is 36.7 Å². The second-order valence-electron chi connectivity index (χ2n) is 10.1. The first-order valence-corrected chi connectivity index (χ1v) is 10.8. The fourth-order valence-corrected chi connectivity index (χ4v) is 5.07. The van der Waals surface area contributed by atoms with E-state index in [4.69, 9.17) is 0 Å². The molecule has 3 aromatic heterocycles. The normalized spacial score (nSPS) is 18.3. The van der Waals surface area contributed by atoms with Gasteiger partial charge in [-0.3, -0.25) is 4.68 Å². The minimum absolute atomic E-state index is 0.0140. The van der Waals surface area contributed by atoms with Gasteiger partial charge in [-0.05, 0) is 64.3 Å². The molecule has 1 aliphatic rings. The standard InChI is InChI=1S/C23H28N8O/c1-22(2)10-16(11-23(3,4)28-22)31-21-19(26-29-31)9-18(25-27-21)17-7-6-14(8-20(17)32)15-12-24-30(5)13-15/h6-9,12-13,16,28,32H,10-11H2,1-5H3. The number of nitrogens with one attached hydrogen (secondary N) is 1. The maximum Gasteiger partial charge on any atom is 0.201 e. The smallest absolute Gasteiger partial charge is 0.201 e. The number of hydrogen-bond donors (Lipinski definition) is 2. The molecule has 166 valence electrons. The van der Waals surface area contributed by atoms with Gasteiger partial charge in [0.1, 0.15) is 11.3 Å². The number of phenolic OH excluding ortho intramolecular Hbond substituents is 1. The maximum atomic E-state index is 10.7. The third-order valence-electron chi connectivity index (χ3n) is 6.05. The van der Waals surface area contributed by atoms with Crippen LogP contribution in [0.25, 0.3) is 33.5 Å². The molecule has 0 saturated carbocycles. The van der Waals surface area contributed by atoms with Crippen LogP contribution < -0.4 is 5.32 Å². The predicted octanol–water partition coefficient (Wildman–Crippen LogP) is 3.48. The van der Waals surface area contributed by atoms with Crippen LogP contribution in [0, 0.1) is 0 Å². The van der Waals surface area contributed by atoms with Crippen molar-refractivity contribution in [3.05, 3.63) is 36.7 Å². The third-order valence-corrected chi connectivity index (χ3v) is 6.05. The molecule has 9 heteroatoms. The van der Waals surface area contributed by atoms with Crippen molar-refractivity contribution in [2.75, 3.05) is 0 Å². The molecule has 1 aromatic carbocycles. The Balaban J connectivity index is 1.48.